The monoisotopic (exact) mass is 280 g/mol. The van der Waals surface area contributed by atoms with Crippen LogP contribution in [0, 0.1) is 10.1 Å². The number of anilines is 1. The summed E-state index contributed by atoms with van der Waals surface area (Å²) < 4.78 is 8.81. The van der Waals surface area contributed by atoms with Gasteiger partial charge in [0.05, 0.1) is 30.9 Å². The first kappa shape index (κ1) is 15.2. The van der Waals surface area contributed by atoms with Gasteiger partial charge >= 0.3 is 17.6 Å². The molecule has 0 aliphatic carbocycles. The van der Waals surface area contributed by atoms with Gasteiger partial charge in [-0.2, -0.15) is 0 Å². The highest BCUT2D eigenvalue weighted by molar-refractivity contribution is 5.89. The lowest BCUT2D eigenvalue weighted by molar-refractivity contribution is -0.421. The second kappa shape index (κ2) is 6.88. The van der Waals surface area contributed by atoms with Crippen LogP contribution in [0.4, 0.5) is 5.69 Å². The van der Waals surface area contributed by atoms with Crippen LogP contribution in [0.1, 0.15) is 10.4 Å². The summed E-state index contributed by atoms with van der Waals surface area (Å²) in [5.74, 6) is -1.55. The molecule has 0 atom stereocenters. The van der Waals surface area contributed by atoms with E-state index in [2.05, 4.69) is 14.8 Å². The van der Waals surface area contributed by atoms with Gasteiger partial charge < -0.3 is 14.8 Å². The largest absolute Gasteiger partial charge is 0.465 e. The predicted molar refractivity (Wildman–Crippen MR) is 68.5 cm³/mol. The number of nitrogens with one attached hydrogen (secondary N) is 1. The number of hydrogen-bond donors (Lipinski definition) is 1. The Bertz CT molecular complexity index is 550. The Kier molecular flexibility index (Phi) is 5.21. The minimum absolute atomic E-state index is 0.337. The van der Waals surface area contributed by atoms with Crippen molar-refractivity contribution in [2.75, 3.05) is 19.5 Å². The van der Waals surface area contributed by atoms with E-state index in [-0.39, 0.29) is 0 Å². The first-order valence-electron chi connectivity index (χ1n) is 5.37. The van der Waals surface area contributed by atoms with Crippen molar-refractivity contribution < 1.29 is 24.0 Å². The number of esters is 2. The number of benzene rings is 1. The molecule has 1 aromatic carbocycles. The van der Waals surface area contributed by atoms with Crippen molar-refractivity contribution in [2.24, 2.45) is 0 Å². The zero-order valence-electron chi connectivity index (χ0n) is 10.8. The van der Waals surface area contributed by atoms with Crippen LogP contribution < -0.4 is 5.32 Å². The highest BCUT2D eigenvalue weighted by Gasteiger charge is 2.22. The smallest absolute Gasteiger partial charge is 0.411 e. The van der Waals surface area contributed by atoms with Crippen molar-refractivity contribution in [2.45, 2.75) is 0 Å². The second-order valence-electron chi connectivity index (χ2n) is 3.49. The first-order chi connectivity index (χ1) is 9.49. The van der Waals surface area contributed by atoms with Crippen LogP contribution in [0.5, 0.6) is 0 Å². The Morgan fingerprint density at radius 3 is 2.25 bits per heavy atom. The van der Waals surface area contributed by atoms with Gasteiger partial charge in [-0.1, -0.05) is 0 Å². The zero-order valence-corrected chi connectivity index (χ0v) is 10.8. The van der Waals surface area contributed by atoms with E-state index in [0.717, 1.165) is 13.3 Å². The van der Waals surface area contributed by atoms with Crippen molar-refractivity contribution in [3.63, 3.8) is 0 Å². The molecule has 0 bridgehead atoms. The van der Waals surface area contributed by atoms with E-state index in [1.54, 1.807) is 0 Å². The maximum atomic E-state index is 11.2. The van der Waals surface area contributed by atoms with Gasteiger partial charge in [0, 0.05) is 5.69 Å². The lowest BCUT2D eigenvalue weighted by Crippen LogP contribution is -2.14. The number of rotatable bonds is 5. The van der Waals surface area contributed by atoms with Gasteiger partial charge in [0.1, 0.15) is 0 Å². The van der Waals surface area contributed by atoms with Gasteiger partial charge in [0.2, 0.25) is 0 Å². The minimum Gasteiger partial charge on any atom is -0.465 e. The number of methoxy groups -OCH3 is 2. The van der Waals surface area contributed by atoms with Crippen molar-refractivity contribution in [1.82, 2.24) is 0 Å². The molecule has 1 N–H and O–H groups in total. The van der Waals surface area contributed by atoms with Crippen LogP contribution in [-0.2, 0) is 14.3 Å². The van der Waals surface area contributed by atoms with E-state index in [1.165, 1.54) is 31.4 Å². The number of carbonyl (C=O) groups is 2. The summed E-state index contributed by atoms with van der Waals surface area (Å²) in [5.41, 5.74) is 0.0648. The van der Waals surface area contributed by atoms with Crippen LogP contribution in [0.2, 0.25) is 0 Å². The van der Waals surface area contributed by atoms with Crippen molar-refractivity contribution >= 4 is 17.6 Å². The molecule has 0 aliphatic heterocycles. The molecule has 0 aliphatic rings. The third-order valence-corrected chi connectivity index (χ3v) is 2.27. The highest BCUT2D eigenvalue weighted by atomic mass is 16.6. The fourth-order valence-corrected chi connectivity index (χ4v) is 1.26. The first-order valence-corrected chi connectivity index (χ1v) is 5.37. The standard InChI is InChI=1S/C12H12N2O6/c1-19-11(15)8-3-5-9(6-4-8)13-7-10(14(17)18)12(16)20-2/h3-7,13H,1-2H3. The average Bonchev–Trinajstić information content (AvgIpc) is 2.46. The van der Waals surface area contributed by atoms with Gasteiger partial charge in [-0.15, -0.1) is 0 Å². The van der Waals surface area contributed by atoms with E-state index in [9.17, 15) is 19.7 Å². The van der Waals surface area contributed by atoms with Crippen LogP contribution in [-0.4, -0.2) is 31.1 Å². The summed E-state index contributed by atoms with van der Waals surface area (Å²) in [6.07, 6.45) is 0.916. The predicted octanol–water partition coefficient (Wildman–Crippen LogP) is 1.18. The fourth-order valence-electron chi connectivity index (χ4n) is 1.26. The Balaban J connectivity index is 2.85. The normalized spacial score (nSPS) is 10.6. The van der Waals surface area contributed by atoms with Gasteiger partial charge in [0.15, 0.2) is 0 Å². The minimum atomic E-state index is -1.06. The molecule has 0 radical (unpaired) electrons. The highest BCUT2D eigenvalue weighted by Crippen LogP contribution is 2.11. The molecule has 0 heterocycles. The van der Waals surface area contributed by atoms with E-state index >= 15 is 0 Å². The number of nitro groups is 1. The molecule has 8 nitrogen and oxygen atoms in total. The van der Waals surface area contributed by atoms with Crippen LogP contribution >= 0.6 is 0 Å². The molecular formula is C12H12N2O6. The summed E-state index contributed by atoms with van der Waals surface area (Å²) in [6.45, 7) is 0. The summed E-state index contributed by atoms with van der Waals surface area (Å²) in [6, 6.07) is 5.98. The van der Waals surface area contributed by atoms with E-state index in [4.69, 9.17) is 0 Å². The molecular weight excluding hydrogens is 268 g/mol. The Labute approximate surface area is 114 Å². The molecule has 0 unspecified atom stereocenters. The van der Waals surface area contributed by atoms with Gasteiger partial charge in [-0.25, -0.2) is 9.59 Å². The van der Waals surface area contributed by atoms with Crippen molar-refractivity contribution in [3.8, 4) is 0 Å². The number of hydrogen-bond acceptors (Lipinski definition) is 7. The maximum absolute atomic E-state index is 11.2. The summed E-state index contributed by atoms with van der Waals surface area (Å²) in [4.78, 5) is 32.1. The van der Waals surface area contributed by atoms with Crippen LogP contribution in [0.15, 0.2) is 36.2 Å². The molecule has 20 heavy (non-hydrogen) atoms. The molecule has 8 heteroatoms. The SMILES string of the molecule is COC(=O)C(=CNc1ccc(C(=O)OC)cc1)[N+](=O)[O-]. The fraction of sp³-hybridized carbons (Fsp3) is 0.167. The number of nitrogens with zero attached hydrogens (tertiary/aromatic N) is 1. The molecule has 0 amide bonds. The number of carbonyl (C=O) groups excluding carboxylic acids is 2. The van der Waals surface area contributed by atoms with Gasteiger partial charge in [-0.3, -0.25) is 10.1 Å². The zero-order chi connectivity index (χ0) is 15.1. The number of ether oxygens (including phenoxy) is 2. The average molecular weight is 280 g/mol. The third-order valence-electron chi connectivity index (χ3n) is 2.27. The van der Waals surface area contributed by atoms with Gasteiger partial charge in [-0.05, 0) is 24.3 Å². The third kappa shape index (κ3) is 3.80. The molecule has 0 saturated heterocycles. The van der Waals surface area contributed by atoms with Crippen LogP contribution in [0.3, 0.4) is 0 Å². The Morgan fingerprint density at radius 1 is 1.20 bits per heavy atom. The molecule has 106 valence electrons. The quantitative estimate of drug-likeness (QED) is 0.373. The molecule has 1 rings (SSSR count). The van der Waals surface area contributed by atoms with Crippen LogP contribution in [0.25, 0.3) is 0 Å². The summed E-state index contributed by atoms with van der Waals surface area (Å²) in [7, 11) is 2.31. The topological polar surface area (TPSA) is 108 Å². The van der Waals surface area contributed by atoms with E-state index < -0.39 is 22.6 Å². The Morgan fingerprint density at radius 2 is 1.80 bits per heavy atom. The Hall–Kier alpha value is -2.90. The lowest BCUT2D eigenvalue weighted by Gasteiger charge is -2.03. The summed E-state index contributed by atoms with van der Waals surface area (Å²) in [5, 5.41) is 13.2. The molecule has 1 aromatic rings. The molecule has 0 spiro atoms. The molecule has 0 aromatic heterocycles. The second-order valence-corrected chi connectivity index (χ2v) is 3.49. The van der Waals surface area contributed by atoms with Crippen molar-refractivity contribution in [3.05, 3.63) is 51.8 Å². The van der Waals surface area contributed by atoms with E-state index in [1.807, 2.05) is 0 Å². The lowest BCUT2D eigenvalue weighted by atomic mass is 10.2. The van der Waals surface area contributed by atoms with E-state index in [0.29, 0.717) is 11.3 Å². The maximum Gasteiger partial charge on any atom is 0.411 e. The summed E-state index contributed by atoms with van der Waals surface area (Å²) >= 11 is 0. The molecule has 0 fully saturated rings. The van der Waals surface area contributed by atoms with Gasteiger partial charge in [0.25, 0.3) is 0 Å². The van der Waals surface area contributed by atoms with Crippen molar-refractivity contribution in [1.29, 1.82) is 0 Å². The molecule has 0 saturated carbocycles.